The first kappa shape index (κ1) is 14.8. The predicted octanol–water partition coefficient (Wildman–Crippen LogP) is 2.59. The van der Waals surface area contributed by atoms with E-state index in [-0.39, 0.29) is 20.9 Å². The van der Waals surface area contributed by atoms with E-state index in [0.29, 0.717) is 5.75 Å². The molecule has 0 saturated carbocycles. The Morgan fingerprint density at radius 2 is 1.95 bits per heavy atom. The third-order valence-electron chi connectivity index (χ3n) is 2.29. The molecule has 0 spiro atoms. The molecule has 1 aromatic heterocycles. The Kier molecular flexibility index (Phi) is 4.32. The molecule has 0 amide bonds. The first-order chi connectivity index (χ1) is 9.42. The van der Waals surface area contributed by atoms with Crippen LogP contribution in [-0.4, -0.2) is 25.5 Å². The van der Waals surface area contributed by atoms with Crippen LogP contribution in [0.15, 0.2) is 35.5 Å². The second-order valence-electron chi connectivity index (χ2n) is 3.63. The highest BCUT2D eigenvalue weighted by Crippen LogP contribution is 2.27. The zero-order valence-electron chi connectivity index (χ0n) is 10.2. The van der Waals surface area contributed by atoms with Crippen molar-refractivity contribution in [3.8, 4) is 5.75 Å². The quantitative estimate of drug-likeness (QED) is 0.929. The van der Waals surface area contributed by atoms with Crippen molar-refractivity contribution in [3.05, 3.63) is 40.8 Å². The number of sulfonamides is 1. The number of hydrogen-bond donors (Lipinski definition) is 1. The maximum Gasteiger partial charge on any atom is 0.263 e. The standard InChI is InChI=1S/C11H9Cl2N3O3S/c1-19-9-3-2-7(4-8(9)12)20(17,18)16-11-6-14-10(13)5-15-11/h2-6H,1H3,(H,15,16). The summed E-state index contributed by atoms with van der Waals surface area (Å²) in [5, 5.41) is 0.359. The highest BCUT2D eigenvalue weighted by molar-refractivity contribution is 7.92. The lowest BCUT2D eigenvalue weighted by Gasteiger charge is -2.09. The minimum absolute atomic E-state index is 0.0138. The molecule has 6 nitrogen and oxygen atoms in total. The maximum atomic E-state index is 12.1. The van der Waals surface area contributed by atoms with Gasteiger partial charge in [-0.15, -0.1) is 0 Å². The van der Waals surface area contributed by atoms with Gasteiger partial charge >= 0.3 is 0 Å². The number of methoxy groups -OCH3 is 1. The average Bonchev–Trinajstić information content (AvgIpc) is 2.41. The third kappa shape index (κ3) is 3.30. The molecular weight excluding hydrogens is 325 g/mol. The smallest absolute Gasteiger partial charge is 0.263 e. The molecule has 20 heavy (non-hydrogen) atoms. The van der Waals surface area contributed by atoms with Crippen LogP contribution in [0.1, 0.15) is 0 Å². The van der Waals surface area contributed by atoms with Gasteiger partial charge in [-0.3, -0.25) is 4.72 Å². The van der Waals surface area contributed by atoms with E-state index in [1.807, 2.05) is 0 Å². The molecule has 0 aliphatic heterocycles. The zero-order chi connectivity index (χ0) is 14.8. The topological polar surface area (TPSA) is 81.2 Å². The summed E-state index contributed by atoms with van der Waals surface area (Å²) in [5.74, 6) is 0.443. The average molecular weight is 334 g/mol. The highest BCUT2D eigenvalue weighted by atomic mass is 35.5. The Balaban J connectivity index is 2.30. The monoisotopic (exact) mass is 333 g/mol. The minimum Gasteiger partial charge on any atom is -0.495 e. The van der Waals surface area contributed by atoms with Gasteiger partial charge in [0.05, 0.1) is 29.4 Å². The van der Waals surface area contributed by atoms with Crippen LogP contribution in [-0.2, 0) is 10.0 Å². The molecule has 106 valence electrons. The van der Waals surface area contributed by atoms with Crippen LogP contribution in [0.3, 0.4) is 0 Å². The molecule has 0 fully saturated rings. The molecule has 0 bridgehead atoms. The molecule has 9 heteroatoms. The first-order valence-electron chi connectivity index (χ1n) is 5.26. The van der Waals surface area contributed by atoms with Crippen molar-refractivity contribution in [1.82, 2.24) is 9.97 Å². The van der Waals surface area contributed by atoms with Crippen LogP contribution in [0.5, 0.6) is 5.75 Å². The van der Waals surface area contributed by atoms with Crippen molar-refractivity contribution >= 4 is 39.0 Å². The van der Waals surface area contributed by atoms with E-state index in [4.69, 9.17) is 27.9 Å². The predicted molar refractivity (Wildman–Crippen MR) is 75.9 cm³/mol. The Morgan fingerprint density at radius 1 is 1.20 bits per heavy atom. The van der Waals surface area contributed by atoms with Gasteiger partial charge in [-0.25, -0.2) is 18.4 Å². The van der Waals surface area contributed by atoms with E-state index in [1.165, 1.54) is 37.7 Å². The summed E-state index contributed by atoms with van der Waals surface area (Å²) in [4.78, 5) is 7.52. The Labute approximate surface area is 125 Å². The molecule has 1 N–H and O–H groups in total. The van der Waals surface area contributed by atoms with E-state index >= 15 is 0 Å². The third-order valence-corrected chi connectivity index (χ3v) is 4.14. The summed E-state index contributed by atoms with van der Waals surface area (Å²) in [6, 6.07) is 4.12. The molecule has 0 radical (unpaired) electrons. The van der Waals surface area contributed by atoms with E-state index in [0.717, 1.165) is 0 Å². The molecule has 0 unspecified atom stereocenters. The second kappa shape index (κ2) is 5.82. The van der Waals surface area contributed by atoms with Gasteiger partial charge in [-0.2, -0.15) is 0 Å². The van der Waals surface area contributed by atoms with E-state index in [9.17, 15) is 8.42 Å². The summed E-state index contributed by atoms with van der Waals surface area (Å²) < 4.78 is 31.5. The van der Waals surface area contributed by atoms with Crippen LogP contribution in [0.25, 0.3) is 0 Å². The van der Waals surface area contributed by atoms with Crippen molar-refractivity contribution in [1.29, 1.82) is 0 Å². The molecule has 0 saturated heterocycles. The number of nitrogens with one attached hydrogen (secondary N) is 1. The number of anilines is 1. The molecule has 1 aromatic carbocycles. The number of halogens is 2. The van der Waals surface area contributed by atoms with Gasteiger partial charge in [0.25, 0.3) is 10.0 Å². The van der Waals surface area contributed by atoms with Crippen LogP contribution < -0.4 is 9.46 Å². The Hall–Kier alpha value is -1.57. The fourth-order valence-electron chi connectivity index (χ4n) is 1.38. The van der Waals surface area contributed by atoms with Crippen molar-refractivity contribution in [3.63, 3.8) is 0 Å². The Morgan fingerprint density at radius 3 is 2.50 bits per heavy atom. The van der Waals surface area contributed by atoms with Crippen LogP contribution >= 0.6 is 23.2 Å². The van der Waals surface area contributed by atoms with Gasteiger partial charge in [0, 0.05) is 0 Å². The fourth-order valence-corrected chi connectivity index (χ4v) is 2.81. The van der Waals surface area contributed by atoms with Gasteiger partial charge in [0.15, 0.2) is 5.82 Å². The Bertz CT molecular complexity index is 720. The zero-order valence-corrected chi connectivity index (χ0v) is 12.5. The van der Waals surface area contributed by atoms with Gasteiger partial charge in [-0.05, 0) is 18.2 Å². The SMILES string of the molecule is COc1ccc(S(=O)(=O)Nc2cnc(Cl)cn2)cc1Cl. The van der Waals surface area contributed by atoms with Crippen LogP contribution in [0.4, 0.5) is 5.82 Å². The maximum absolute atomic E-state index is 12.1. The van der Waals surface area contributed by atoms with Gasteiger partial charge in [0.1, 0.15) is 10.9 Å². The summed E-state index contributed by atoms with van der Waals surface area (Å²) in [5.41, 5.74) is 0. The van der Waals surface area contributed by atoms with Crippen molar-refractivity contribution in [2.45, 2.75) is 4.90 Å². The number of benzene rings is 1. The van der Waals surface area contributed by atoms with Crippen LogP contribution in [0.2, 0.25) is 10.2 Å². The lowest BCUT2D eigenvalue weighted by Crippen LogP contribution is -2.14. The summed E-state index contributed by atoms with van der Waals surface area (Å²) >= 11 is 11.5. The normalized spacial score (nSPS) is 11.2. The van der Waals surface area contributed by atoms with E-state index in [1.54, 1.807) is 0 Å². The number of hydrogen-bond acceptors (Lipinski definition) is 5. The van der Waals surface area contributed by atoms with Gasteiger partial charge in [0.2, 0.25) is 0 Å². The first-order valence-corrected chi connectivity index (χ1v) is 7.50. The van der Waals surface area contributed by atoms with Crippen LogP contribution in [0, 0.1) is 0 Å². The summed E-state index contributed by atoms with van der Waals surface area (Å²) in [6.45, 7) is 0. The molecule has 0 atom stereocenters. The molecule has 1 heterocycles. The number of rotatable bonds is 4. The highest BCUT2D eigenvalue weighted by Gasteiger charge is 2.17. The van der Waals surface area contributed by atoms with Crippen molar-refractivity contribution in [2.75, 3.05) is 11.8 Å². The lowest BCUT2D eigenvalue weighted by atomic mass is 10.3. The number of aromatic nitrogens is 2. The molecule has 0 aliphatic rings. The molecule has 2 aromatic rings. The van der Waals surface area contributed by atoms with Crippen molar-refractivity contribution < 1.29 is 13.2 Å². The largest absolute Gasteiger partial charge is 0.495 e. The second-order valence-corrected chi connectivity index (χ2v) is 6.10. The fraction of sp³-hybridized carbons (Fsp3) is 0.0909. The van der Waals surface area contributed by atoms with E-state index in [2.05, 4.69) is 14.7 Å². The van der Waals surface area contributed by atoms with Crippen molar-refractivity contribution in [2.24, 2.45) is 0 Å². The number of ether oxygens (including phenoxy) is 1. The van der Waals surface area contributed by atoms with E-state index < -0.39 is 10.0 Å². The number of nitrogens with zero attached hydrogens (tertiary/aromatic N) is 2. The summed E-state index contributed by atoms with van der Waals surface area (Å²) in [7, 11) is -2.37. The summed E-state index contributed by atoms with van der Waals surface area (Å²) in [6.07, 6.45) is 2.45. The molecule has 2 rings (SSSR count). The lowest BCUT2D eigenvalue weighted by molar-refractivity contribution is 0.414. The molecular formula is C11H9Cl2N3O3S. The minimum atomic E-state index is -3.81. The van der Waals surface area contributed by atoms with Gasteiger partial charge in [-0.1, -0.05) is 23.2 Å². The molecule has 0 aliphatic carbocycles. The van der Waals surface area contributed by atoms with Gasteiger partial charge < -0.3 is 4.74 Å².